The molecule has 1 aliphatic carbocycles. The third-order valence-corrected chi connectivity index (χ3v) is 3.59. The van der Waals surface area contributed by atoms with Gasteiger partial charge in [0.2, 0.25) is 0 Å². The zero-order valence-electron chi connectivity index (χ0n) is 11.3. The number of benzene rings is 1. The van der Waals surface area contributed by atoms with Crippen LogP contribution in [0.15, 0.2) is 41.2 Å². The highest BCUT2D eigenvalue weighted by atomic mass is 16.1. The highest BCUT2D eigenvalue weighted by Crippen LogP contribution is 2.26. The Balaban J connectivity index is 2.18. The van der Waals surface area contributed by atoms with Gasteiger partial charge in [0, 0.05) is 23.1 Å². The molecular weight excluding hydrogens is 250 g/mol. The third-order valence-electron chi connectivity index (χ3n) is 3.59. The summed E-state index contributed by atoms with van der Waals surface area (Å²) in [6.45, 7) is 1.94. The van der Waals surface area contributed by atoms with E-state index < -0.39 is 0 Å². The molecule has 3 nitrogen and oxygen atoms in total. The van der Waals surface area contributed by atoms with Crippen LogP contribution in [0.5, 0.6) is 0 Å². The zero-order valence-corrected chi connectivity index (χ0v) is 11.3. The molecule has 20 heavy (non-hydrogen) atoms. The van der Waals surface area contributed by atoms with E-state index in [2.05, 4.69) is 4.98 Å². The smallest absolute Gasteiger partial charge is 0.256 e. The standard InChI is InChI=1S/C17H15NO2/c1-2-3-4-5-13-9-12-8-11-6-7-16(19)14(11)10-15(12)17(20)18-13/h2-5,8-10H,6-7H2,1H3,(H,18,20)/b3-2+,5-4+. The summed E-state index contributed by atoms with van der Waals surface area (Å²) >= 11 is 0. The van der Waals surface area contributed by atoms with Gasteiger partial charge in [-0.3, -0.25) is 9.59 Å². The summed E-state index contributed by atoms with van der Waals surface area (Å²) in [4.78, 5) is 26.7. The van der Waals surface area contributed by atoms with Crippen molar-refractivity contribution in [1.82, 2.24) is 4.98 Å². The number of rotatable bonds is 2. The number of aryl methyl sites for hydroxylation is 1. The van der Waals surface area contributed by atoms with Crippen molar-refractivity contribution < 1.29 is 4.79 Å². The number of pyridine rings is 1. The first-order valence-electron chi connectivity index (χ1n) is 6.71. The molecule has 0 unspecified atom stereocenters. The molecule has 1 N–H and O–H groups in total. The van der Waals surface area contributed by atoms with Gasteiger partial charge in [0.05, 0.1) is 0 Å². The van der Waals surface area contributed by atoms with Crippen LogP contribution in [0.25, 0.3) is 16.8 Å². The fourth-order valence-corrected chi connectivity index (χ4v) is 2.59. The molecule has 0 radical (unpaired) electrons. The van der Waals surface area contributed by atoms with Crippen LogP contribution >= 0.6 is 0 Å². The van der Waals surface area contributed by atoms with Crippen molar-refractivity contribution >= 4 is 22.6 Å². The average molecular weight is 265 g/mol. The minimum Gasteiger partial charge on any atom is -0.322 e. The van der Waals surface area contributed by atoms with E-state index in [-0.39, 0.29) is 11.3 Å². The highest BCUT2D eigenvalue weighted by molar-refractivity contribution is 6.04. The van der Waals surface area contributed by atoms with E-state index in [0.717, 1.165) is 23.1 Å². The predicted molar refractivity (Wildman–Crippen MR) is 81.1 cm³/mol. The predicted octanol–water partition coefficient (Wildman–Crippen LogP) is 3.25. The molecule has 0 atom stereocenters. The number of carbonyl (C=O) groups is 1. The van der Waals surface area contributed by atoms with Gasteiger partial charge < -0.3 is 4.98 Å². The monoisotopic (exact) mass is 265 g/mol. The number of H-pyrrole nitrogens is 1. The minimum atomic E-state index is -0.148. The maximum Gasteiger partial charge on any atom is 0.256 e. The Morgan fingerprint density at radius 3 is 2.75 bits per heavy atom. The summed E-state index contributed by atoms with van der Waals surface area (Å²) in [6.07, 6.45) is 8.91. The van der Waals surface area contributed by atoms with Crippen LogP contribution in [0.4, 0.5) is 0 Å². The summed E-state index contributed by atoms with van der Waals surface area (Å²) in [5.41, 5.74) is 2.38. The van der Waals surface area contributed by atoms with Crippen LogP contribution in [0.2, 0.25) is 0 Å². The summed E-state index contributed by atoms with van der Waals surface area (Å²) < 4.78 is 0. The number of Topliss-reactive ketones (excluding diaryl/α,β-unsaturated/α-hetero) is 1. The Kier molecular flexibility index (Phi) is 3.11. The number of aromatic amines is 1. The second-order valence-electron chi connectivity index (χ2n) is 4.96. The number of allylic oxidation sites excluding steroid dienone is 3. The number of ketones is 1. The second-order valence-corrected chi connectivity index (χ2v) is 4.96. The number of fused-ring (bicyclic) bond motifs is 2. The summed E-state index contributed by atoms with van der Waals surface area (Å²) in [6, 6.07) is 5.65. The van der Waals surface area contributed by atoms with E-state index in [1.54, 1.807) is 6.07 Å². The maximum atomic E-state index is 12.1. The molecule has 0 saturated heterocycles. The lowest BCUT2D eigenvalue weighted by molar-refractivity contribution is 0.0994. The van der Waals surface area contributed by atoms with Crippen molar-refractivity contribution in [3.8, 4) is 0 Å². The molecule has 2 aromatic rings. The molecular formula is C17H15NO2. The number of nitrogens with one attached hydrogen (secondary N) is 1. The molecule has 1 aromatic heterocycles. The Labute approximate surface area is 116 Å². The average Bonchev–Trinajstić information content (AvgIpc) is 2.78. The van der Waals surface area contributed by atoms with Crippen LogP contribution in [-0.2, 0) is 6.42 Å². The number of hydrogen-bond donors (Lipinski definition) is 1. The van der Waals surface area contributed by atoms with Gasteiger partial charge in [-0.1, -0.05) is 24.3 Å². The summed E-state index contributed by atoms with van der Waals surface area (Å²) in [7, 11) is 0. The molecule has 0 saturated carbocycles. The summed E-state index contributed by atoms with van der Waals surface area (Å²) in [5.74, 6) is 0.137. The third kappa shape index (κ3) is 2.11. The van der Waals surface area contributed by atoms with Crippen molar-refractivity contribution in [3.05, 3.63) is 63.6 Å². The fraction of sp³-hybridized carbons (Fsp3) is 0.176. The van der Waals surface area contributed by atoms with Gasteiger partial charge in [0.15, 0.2) is 5.78 Å². The Morgan fingerprint density at radius 2 is 1.95 bits per heavy atom. The van der Waals surface area contributed by atoms with Crippen LogP contribution < -0.4 is 5.56 Å². The summed E-state index contributed by atoms with van der Waals surface area (Å²) in [5, 5.41) is 1.48. The van der Waals surface area contributed by atoms with Crippen molar-refractivity contribution in [2.75, 3.05) is 0 Å². The Hall–Kier alpha value is -2.42. The molecule has 0 fully saturated rings. The molecule has 3 rings (SSSR count). The van der Waals surface area contributed by atoms with E-state index >= 15 is 0 Å². The quantitative estimate of drug-likeness (QED) is 0.847. The highest BCUT2D eigenvalue weighted by Gasteiger charge is 2.20. The molecule has 1 aromatic carbocycles. The lowest BCUT2D eigenvalue weighted by atomic mass is 10.0. The van der Waals surface area contributed by atoms with E-state index in [1.165, 1.54) is 0 Å². The Morgan fingerprint density at radius 1 is 1.10 bits per heavy atom. The van der Waals surface area contributed by atoms with Crippen molar-refractivity contribution in [3.63, 3.8) is 0 Å². The Bertz CT molecular complexity index is 810. The first kappa shape index (κ1) is 12.6. The fourth-order valence-electron chi connectivity index (χ4n) is 2.59. The van der Waals surface area contributed by atoms with E-state index in [0.29, 0.717) is 17.4 Å². The number of hydrogen-bond acceptors (Lipinski definition) is 2. The van der Waals surface area contributed by atoms with Crippen molar-refractivity contribution in [2.45, 2.75) is 19.8 Å². The molecule has 1 heterocycles. The molecule has 0 bridgehead atoms. The van der Waals surface area contributed by atoms with Gasteiger partial charge >= 0.3 is 0 Å². The maximum absolute atomic E-state index is 12.1. The van der Waals surface area contributed by atoms with Crippen LogP contribution in [0, 0.1) is 0 Å². The first-order valence-corrected chi connectivity index (χ1v) is 6.71. The molecule has 1 aliphatic rings. The number of aromatic nitrogens is 1. The van der Waals surface area contributed by atoms with Gasteiger partial charge in [0.1, 0.15) is 0 Å². The van der Waals surface area contributed by atoms with Gasteiger partial charge in [-0.15, -0.1) is 0 Å². The van der Waals surface area contributed by atoms with Crippen LogP contribution in [-0.4, -0.2) is 10.8 Å². The molecule has 0 aliphatic heterocycles. The topological polar surface area (TPSA) is 49.9 Å². The van der Waals surface area contributed by atoms with Crippen molar-refractivity contribution in [2.24, 2.45) is 0 Å². The molecule has 3 heteroatoms. The van der Waals surface area contributed by atoms with Gasteiger partial charge in [-0.2, -0.15) is 0 Å². The van der Waals surface area contributed by atoms with E-state index in [9.17, 15) is 9.59 Å². The molecule has 0 amide bonds. The van der Waals surface area contributed by atoms with Gasteiger partial charge in [0.25, 0.3) is 5.56 Å². The van der Waals surface area contributed by atoms with Gasteiger partial charge in [-0.25, -0.2) is 0 Å². The van der Waals surface area contributed by atoms with Gasteiger partial charge in [-0.05, 0) is 42.5 Å². The van der Waals surface area contributed by atoms with E-state index in [1.807, 2.05) is 43.4 Å². The van der Waals surface area contributed by atoms with E-state index in [4.69, 9.17) is 0 Å². The van der Waals surface area contributed by atoms with Crippen LogP contribution in [0.1, 0.15) is 35.0 Å². The lowest BCUT2D eigenvalue weighted by Crippen LogP contribution is -2.08. The molecule has 100 valence electrons. The number of carbonyl (C=O) groups excluding carboxylic acids is 1. The largest absolute Gasteiger partial charge is 0.322 e. The zero-order chi connectivity index (χ0) is 14.1. The van der Waals surface area contributed by atoms with Crippen LogP contribution in [0.3, 0.4) is 0 Å². The normalized spacial score (nSPS) is 14.8. The molecule has 0 spiro atoms. The minimum absolute atomic E-state index is 0.137. The first-order chi connectivity index (χ1) is 9.69. The lowest BCUT2D eigenvalue weighted by Gasteiger charge is -2.03. The van der Waals surface area contributed by atoms with Crippen molar-refractivity contribution in [1.29, 1.82) is 0 Å². The second kappa shape index (κ2) is 4.93. The SMILES string of the molecule is C/C=C/C=C/c1cc2cc3c(cc2c(=O)[nH]1)C(=O)CC3.